The fourth-order valence-electron chi connectivity index (χ4n) is 0. The number of aliphatic hydroxyl groups excluding tert-OH is 1. The summed E-state index contributed by atoms with van der Waals surface area (Å²) in [6.07, 6.45) is -0.167. The molecule has 3 heteroatoms. The number of aliphatic hydroxyl groups is 1. The van der Waals surface area contributed by atoms with E-state index >= 15 is 0 Å². The maximum atomic E-state index is 8.06. The average molecular weight is 98.1 g/mol. The van der Waals surface area contributed by atoms with E-state index in [9.17, 15) is 0 Å². The summed E-state index contributed by atoms with van der Waals surface area (Å²) in [6, 6.07) is 0. The predicted octanol–water partition coefficient (Wildman–Crippen LogP) is -1.45. The standard InChI is InChI=1S/C3H8O.Al.Li.4H/c1-3(2)4;;;;;;/h3-4H,1-2H3;;;;;;. The van der Waals surface area contributed by atoms with Crippen molar-refractivity contribution in [2.24, 2.45) is 0 Å². The van der Waals surface area contributed by atoms with Gasteiger partial charge in [0.2, 0.25) is 0 Å². The zero-order valence-electron chi connectivity index (χ0n) is 3.02. The van der Waals surface area contributed by atoms with Crippen LogP contribution in [-0.4, -0.2) is 47.4 Å². The van der Waals surface area contributed by atoms with E-state index in [0.29, 0.717) is 0 Å². The molecule has 34 valence electrons. The molecule has 0 amide bonds. The van der Waals surface area contributed by atoms with Crippen molar-refractivity contribution in [3.8, 4) is 0 Å². The number of hydrogen-bond donors (Lipinski definition) is 1. The van der Waals surface area contributed by atoms with Crippen LogP contribution in [0.5, 0.6) is 0 Å². The van der Waals surface area contributed by atoms with Gasteiger partial charge in [0, 0.05) is 6.10 Å². The van der Waals surface area contributed by atoms with Crippen molar-refractivity contribution in [1.82, 2.24) is 0 Å². The summed E-state index contributed by atoms with van der Waals surface area (Å²) < 4.78 is 0. The molecule has 1 N–H and O–H groups in total. The molecule has 0 rings (SSSR count). The zero-order chi connectivity index (χ0) is 3.58. The minimum absolute atomic E-state index is 0. The summed E-state index contributed by atoms with van der Waals surface area (Å²) in [5.74, 6) is 0. The minimum atomic E-state index is -0.167. The first kappa shape index (κ1) is 15.7. The van der Waals surface area contributed by atoms with Crippen molar-refractivity contribution in [3.63, 3.8) is 0 Å². The summed E-state index contributed by atoms with van der Waals surface area (Å²) in [5.41, 5.74) is 0. The van der Waals surface area contributed by atoms with Gasteiger partial charge < -0.3 is 5.11 Å². The molecule has 0 aliphatic heterocycles. The van der Waals surface area contributed by atoms with Gasteiger partial charge in [-0.3, -0.25) is 0 Å². The Labute approximate surface area is 61.4 Å². The van der Waals surface area contributed by atoms with E-state index in [1.165, 1.54) is 0 Å². The molecule has 0 saturated carbocycles. The summed E-state index contributed by atoms with van der Waals surface area (Å²) in [4.78, 5) is 0. The van der Waals surface area contributed by atoms with Gasteiger partial charge in [-0.1, -0.05) is 0 Å². The number of hydrogen-bond acceptors (Lipinski definition) is 1. The van der Waals surface area contributed by atoms with E-state index in [-0.39, 0.29) is 42.3 Å². The third-order valence-corrected chi connectivity index (χ3v) is 0. The molecule has 0 bridgehead atoms. The van der Waals surface area contributed by atoms with Crippen molar-refractivity contribution >= 4 is 36.2 Å². The van der Waals surface area contributed by atoms with Crippen molar-refractivity contribution < 1.29 is 5.11 Å². The van der Waals surface area contributed by atoms with Gasteiger partial charge >= 0.3 is 18.9 Å². The second-order valence-electron chi connectivity index (χ2n) is 1.09. The van der Waals surface area contributed by atoms with Gasteiger partial charge in [0.15, 0.2) is 17.4 Å². The summed E-state index contributed by atoms with van der Waals surface area (Å²) in [7, 11) is 0. The topological polar surface area (TPSA) is 20.2 Å². The first-order chi connectivity index (χ1) is 1.73. The fourth-order valence-corrected chi connectivity index (χ4v) is 0. The van der Waals surface area contributed by atoms with Crippen LogP contribution >= 0.6 is 0 Å². The molecule has 0 atom stereocenters. The van der Waals surface area contributed by atoms with Gasteiger partial charge in [-0.05, 0) is 13.8 Å². The molecule has 0 aliphatic rings. The van der Waals surface area contributed by atoms with Gasteiger partial charge in [0.1, 0.15) is 0 Å². The molecular weight excluding hydrogens is 86.0 g/mol. The van der Waals surface area contributed by atoms with E-state index in [2.05, 4.69) is 0 Å². The Kier molecular flexibility index (Phi) is 24.7. The Hall–Kier alpha value is 1.09. The van der Waals surface area contributed by atoms with Crippen LogP contribution in [0.4, 0.5) is 0 Å². The van der Waals surface area contributed by atoms with Crippen LogP contribution in [0.2, 0.25) is 0 Å². The van der Waals surface area contributed by atoms with Crippen LogP contribution < -0.4 is 0 Å². The molecule has 0 fully saturated rings. The number of rotatable bonds is 0. The van der Waals surface area contributed by atoms with Gasteiger partial charge in [-0.2, -0.15) is 0 Å². The predicted molar refractivity (Wildman–Crippen MR) is 34.4 cm³/mol. The molecule has 0 radical (unpaired) electrons. The SMILES string of the molecule is CC(C)O.[AlH3].[LiH]. The Balaban J connectivity index is -0.0000000450. The van der Waals surface area contributed by atoms with Gasteiger partial charge in [0.05, 0.1) is 0 Å². The Morgan fingerprint density at radius 2 is 1.33 bits per heavy atom. The van der Waals surface area contributed by atoms with Gasteiger partial charge in [-0.15, -0.1) is 0 Å². The first-order valence-corrected chi connectivity index (χ1v) is 1.41. The van der Waals surface area contributed by atoms with Gasteiger partial charge in [0.25, 0.3) is 0 Å². The second kappa shape index (κ2) is 9.43. The quantitative estimate of drug-likeness (QED) is 0.368. The van der Waals surface area contributed by atoms with Crippen molar-refractivity contribution in [2.45, 2.75) is 20.0 Å². The second-order valence-corrected chi connectivity index (χ2v) is 1.09. The Morgan fingerprint density at radius 3 is 1.33 bits per heavy atom. The molecular formula is C3H12AlLiO. The molecule has 6 heavy (non-hydrogen) atoms. The van der Waals surface area contributed by atoms with Crippen molar-refractivity contribution in [2.75, 3.05) is 0 Å². The summed E-state index contributed by atoms with van der Waals surface area (Å²) in [5, 5.41) is 8.06. The molecule has 0 saturated heterocycles. The third kappa shape index (κ3) is 71.7. The summed E-state index contributed by atoms with van der Waals surface area (Å²) >= 11 is 0. The van der Waals surface area contributed by atoms with Crippen molar-refractivity contribution in [3.05, 3.63) is 0 Å². The molecule has 0 heterocycles. The van der Waals surface area contributed by atoms with E-state index < -0.39 is 0 Å². The molecule has 0 unspecified atom stereocenters. The Bertz CT molecular complexity index is 15.5. The van der Waals surface area contributed by atoms with E-state index in [0.717, 1.165) is 0 Å². The van der Waals surface area contributed by atoms with E-state index in [4.69, 9.17) is 5.11 Å². The molecule has 0 aromatic heterocycles. The monoisotopic (exact) mass is 98.1 g/mol. The fraction of sp³-hybridized carbons (Fsp3) is 1.00. The Morgan fingerprint density at radius 1 is 1.33 bits per heavy atom. The third-order valence-electron chi connectivity index (χ3n) is 0. The van der Waals surface area contributed by atoms with E-state index in [1.807, 2.05) is 0 Å². The zero-order valence-corrected chi connectivity index (χ0v) is 3.02. The van der Waals surface area contributed by atoms with Crippen LogP contribution in [0.3, 0.4) is 0 Å². The molecule has 1 nitrogen and oxygen atoms in total. The van der Waals surface area contributed by atoms with Crippen LogP contribution in [-0.2, 0) is 0 Å². The van der Waals surface area contributed by atoms with Crippen LogP contribution in [0.25, 0.3) is 0 Å². The summed E-state index contributed by atoms with van der Waals surface area (Å²) in [6.45, 7) is 3.44. The van der Waals surface area contributed by atoms with Crippen LogP contribution in [0.15, 0.2) is 0 Å². The van der Waals surface area contributed by atoms with E-state index in [1.54, 1.807) is 13.8 Å². The average Bonchev–Trinajstić information content (AvgIpc) is 0.811. The van der Waals surface area contributed by atoms with Crippen LogP contribution in [0.1, 0.15) is 13.8 Å². The molecule has 0 spiro atoms. The first-order valence-electron chi connectivity index (χ1n) is 1.41. The molecule has 0 aliphatic carbocycles. The maximum absolute atomic E-state index is 8.06. The van der Waals surface area contributed by atoms with Gasteiger partial charge in [-0.25, -0.2) is 0 Å². The van der Waals surface area contributed by atoms with Crippen LogP contribution in [0, 0.1) is 0 Å². The molecule has 0 aromatic rings. The molecule has 0 aromatic carbocycles. The normalized spacial score (nSPS) is 6.00. The van der Waals surface area contributed by atoms with Crippen molar-refractivity contribution in [1.29, 1.82) is 0 Å².